The largest absolute Gasteiger partial charge is 0.444 e. The molecule has 0 bridgehead atoms. The lowest BCUT2D eigenvalue weighted by Gasteiger charge is -2.24. The van der Waals surface area contributed by atoms with Crippen LogP contribution in [0, 0.1) is 0 Å². The fourth-order valence-electron chi connectivity index (χ4n) is 2.45. The van der Waals surface area contributed by atoms with Crippen molar-refractivity contribution in [3.05, 3.63) is 33.8 Å². The van der Waals surface area contributed by atoms with Crippen molar-refractivity contribution < 1.29 is 12.0 Å². The Hall–Kier alpha value is -0.0300. The maximum Gasteiger partial charge on any atom is 0.408 e. The summed E-state index contributed by atoms with van der Waals surface area (Å²) in [5.41, 5.74) is 1.78. The summed E-state index contributed by atoms with van der Waals surface area (Å²) in [4.78, 5) is 12.1. The molecule has 1 aromatic carbocycles. The normalized spacial score (nSPS) is 18.9. The first-order valence-corrected chi connectivity index (χ1v) is 9.64. The Morgan fingerprint density at radius 1 is 1.48 bits per heavy atom. The van der Waals surface area contributed by atoms with Crippen molar-refractivity contribution in [2.75, 3.05) is 6.54 Å². The van der Waals surface area contributed by atoms with Crippen LogP contribution < -0.4 is 5.32 Å². The van der Waals surface area contributed by atoms with Gasteiger partial charge in [-0.2, -0.15) is 0 Å². The molecule has 0 aliphatic carbocycles. The standard InChI is InChI=1S/C15H20BrIN2O3S/c1-15(2,3)21-14(20)18-13-6-7-19(23-22-17)9-10-8-11(16)4-5-12(10)13/h4-5,8,13H,6-7,9H2,1-3H3,(H,18,20). The third-order valence-electron chi connectivity index (χ3n) is 3.32. The number of benzene rings is 1. The molecule has 1 heterocycles. The molecule has 128 valence electrons. The van der Waals surface area contributed by atoms with Crippen molar-refractivity contribution >= 4 is 57.3 Å². The Morgan fingerprint density at radius 2 is 2.22 bits per heavy atom. The Labute approximate surface area is 164 Å². The highest BCUT2D eigenvalue weighted by molar-refractivity contribution is 14.1. The van der Waals surface area contributed by atoms with Crippen molar-refractivity contribution in [3.8, 4) is 0 Å². The van der Waals surface area contributed by atoms with Crippen LogP contribution in [0.1, 0.15) is 44.4 Å². The quantitative estimate of drug-likeness (QED) is 0.343. The number of carbonyl (C=O) groups is 1. The van der Waals surface area contributed by atoms with E-state index in [1.807, 2.05) is 49.8 Å². The van der Waals surface area contributed by atoms with Crippen LogP contribution in [0.15, 0.2) is 22.7 Å². The molecule has 0 radical (unpaired) electrons. The highest BCUT2D eigenvalue weighted by atomic mass is 127. The summed E-state index contributed by atoms with van der Waals surface area (Å²) >= 11 is 6.71. The SMILES string of the molecule is CC(C)(C)OC(=O)NC1CCN(SOI)Cc2cc(Br)ccc21. The minimum Gasteiger partial charge on any atom is -0.444 e. The maximum absolute atomic E-state index is 12.1. The van der Waals surface area contributed by atoms with E-state index in [9.17, 15) is 4.79 Å². The van der Waals surface area contributed by atoms with Crippen LogP contribution in [0.25, 0.3) is 0 Å². The summed E-state index contributed by atoms with van der Waals surface area (Å²) in [5.74, 6) is 0. The van der Waals surface area contributed by atoms with Gasteiger partial charge in [-0.05, 0) is 50.5 Å². The van der Waals surface area contributed by atoms with Gasteiger partial charge in [-0.1, -0.05) is 22.0 Å². The number of alkyl carbamates (subject to hydrolysis) is 1. The van der Waals surface area contributed by atoms with Crippen LogP contribution >= 0.6 is 51.2 Å². The number of nitrogens with zero attached hydrogens (tertiary/aromatic N) is 1. The zero-order chi connectivity index (χ0) is 17.0. The van der Waals surface area contributed by atoms with Crippen LogP contribution in [0.5, 0.6) is 0 Å². The summed E-state index contributed by atoms with van der Waals surface area (Å²) in [5, 5.41) is 3.00. The minimum absolute atomic E-state index is 0.0761. The van der Waals surface area contributed by atoms with Crippen molar-refractivity contribution in [1.29, 1.82) is 0 Å². The van der Waals surface area contributed by atoms with Gasteiger partial charge in [-0.15, -0.1) is 0 Å². The predicted molar refractivity (Wildman–Crippen MR) is 104 cm³/mol. The van der Waals surface area contributed by atoms with E-state index in [2.05, 4.69) is 37.7 Å². The number of rotatable bonds is 3. The smallest absolute Gasteiger partial charge is 0.408 e. The molecule has 23 heavy (non-hydrogen) atoms. The Morgan fingerprint density at radius 3 is 2.87 bits per heavy atom. The lowest BCUT2D eigenvalue weighted by molar-refractivity contribution is 0.0501. The Bertz CT molecular complexity index is 568. The molecule has 0 fully saturated rings. The van der Waals surface area contributed by atoms with Gasteiger partial charge in [0.25, 0.3) is 0 Å². The van der Waals surface area contributed by atoms with Gasteiger partial charge >= 0.3 is 6.09 Å². The number of fused-ring (bicyclic) bond motifs is 1. The van der Waals surface area contributed by atoms with Crippen LogP contribution in [0.2, 0.25) is 0 Å². The summed E-state index contributed by atoms with van der Waals surface area (Å²) in [6.07, 6.45) is 0.406. The molecule has 1 aromatic rings. The summed E-state index contributed by atoms with van der Waals surface area (Å²) in [6, 6.07) is 6.07. The minimum atomic E-state index is -0.506. The fourth-order valence-corrected chi connectivity index (χ4v) is 3.99. The second kappa shape index (κ2) is 8.37. The van der Waals surface area contributed by atoms with Gasteiger partial charge < -0.3 is 10.1 Å². The average molecular weight is 515 g/mol. The van der Waals surface area contributed by atoms with E-state index in [1.54, 1.807) is 0 Å². The Balaban J connectivity index is 2.19. The van der Waals surface area contributed by atoms with Crippen molar-refractivity contribution in [2.24, 2.45) is 0 Å². The van der Waals surface area contributed by atoms with E-state index in [-0.39, 0.29) is 12.1 Å². The maximum atomic E-state index is 12.1. The van der Waals surface area contributed by atoms with Gasteiger partial charge in [0.1, 0.15) is 28.6 Å². The van der Waals surface area contributed by atoms with Crippen molar-refractivity contribution in [1.82, 2.24) is 9.62 Å². The third-order valence-corrected chi connectivity index (χ3v) is 4.87. The van der Waals surface area contributed by atoms with E-state index in [0.717, 1.165) is 29.5 Å². The lowest BCUT2D eigenvalue weighted by Crippen LogP contribution is -2.35. The molecule has 1 N–H and O–H groups in total. The van der Waals surface area contributed by atoms with E-state index < -0.39 is 5.60 Å². The molecular weight excluding hydrogens is 495 g/mol. The monoisotopic (exact) mass is 514 g/mol. The van der Waals surface area contributed by atoms with Gasteiger partial charge in [0.15, 0.2) is 0 Å². The first kappa shape index (κ1) is 19.3. The molecule has 8 heteroatoms. The number of hydrogen-bond donors (Lipinski definition) is 1. The van der Waals surface area contributed by atoms with Gasteiger partial charge in [0, 0.05) is 17.6 Å². The molecule has 1 amide bonds. The van der Waals surface area contributed by atoms with Crippen LogP contribution in [-0.4, -0.2) is 22.5 Å². The van der Waals surface area contributed by atoms with Crippen LogP contribution in [0.4, 0.5) is 4.79 Å². The lowest BCUT2D eigenvalue weighted by atomic mass is 9.99. The summed E-state index contributed by atoms with van der Waals surface area (Å²) in [6.45, 7) is 7.15. The summed E-state index contributed by atoms with van der Waals surface area (Å²) in [7, 11) is 0. The molecule has 0 spiro atoms. The highest BCUT2D eigenvalue weighted by Crippen LogP contribution is 2.32. The molecular formula is C15H20BrIN2O3S. The van der Waals surface area contributed by atoms with Gasteiger partial charge in [-0.25, -0.2) is 11.6 Å². The molecule has 1 aliphatic rings. The number of nitrogens with one attached hydrogen (secondary N) is 1. The van der Waals surface area contributed by atoms with Gasteiger partial charge in [0.05, 0.1) is 18.3 Å². The number of amides is 1. The van der Waals surface area contributed by atoms with Crippen molar-refractivity contribution in [3.63, 3.8) is 0 Å². The first-order valence-electron chi connectivity index (χ1n) is 7.26. The fraction of sp³-hybridized carbons (Fsp3) is 0.533. The number of hydrogen-bond acceptors (Lipinski definition) is 5. The molecule has 1 aliphatic heterocycles. The van der Waals surface area contributed by atoms with E-state index in [0.29, 0.717) is 0 Å². The molecule has 1 unspecified atom stereocenters. The first-order chi connectivity index (χ1) is 10.8. The zero-order valence-corrected chi connectivity index (χ0v) is 17.8. The van der Waals surface area contributed by atoms with E-state index in [1.165, 1.54) is 17.8 Å². The Kier molecular flexibility index (Phi) is 7.02. The van der Waals surface area contributed by atoms with Crippen LogP contribution in [-0.2, 0) is 13.8 Å². The van der Waals surface area contributed by atoms with E-state index in [4.69, 9.17) is 7.25 Å². The summed E-state index contributed by atoms with van der Waals surface area (Å²) < 4.78 is 13.7. The second-order valence-electron chi connectivity index (χ2n) is 6.33. The molecule has 1 atom stereocenters. The number of halogens is 2. The van der Waals surface area contributed by atoms with E-state index >= 15 is 0 Å². The number of carbonyl (C=O) groups excluding carboxylic acids is 1. The van der Waals surface area contributed by atoms with Gasteiger partial charge in [0.2, 0.25) is 0 Å². The highest BCUT2D eigenvalue weighted by Gasteiger charge is 2.26. The number of ether oxygens (including phenoxy) is 1. The van der Waals surface area contributed by atoms with Gasteiger partial charge in [-0.3, -0.25) is 0 Å². The molecule has 5 nitrogen and oxygen atoms in total. The third kappa shape index (κ3) is 6.08. The molecule has 0 saturated heterocycles. The average Bonchev–Trinajstić information content (AvgIpc) is 2.57. The molecule has 2 rings (SSSR count). The molecule has 0 aromatic heterocycles. The van der Waals surface area contributed by atoms with Crippen LogP contribution in [0.3, 0.4) is 0 Å². The zero-order valence-electron chi connectivity index (χ0n) is 13.3. The topological polar surface area (TPSA) is 50.8 Å². The molecule has 0 saturated carbocycles. The predicted octanol–water partition coefficient (Wildman–Crippen LogP) is 5.15. The van der Waals surface area contributed by atoms with Crippen molar-refractivity contribution in [2.45, 2.75) is 45.4 Å². The second-order valence-corrected chi connectivity index (χ2v) is 9.12.